The van der Waals surface area contributed by atoms with Crippen molar-refractivity contribution in [2.24, 2.45) is 0 Å². The fraction of sp³-hybridized carbons (Fsp3) is 0.467. The van der Waals surface area contributed by atoms with Crippen LogP contribution in [0.4, 0.5) is 0 Å². The summed E-state index contributed by atoms with van der Waals surface area (Å²) in [5.74, 6) is 1.24. The minimum absolute atomic E-state index is 0.347. The van der Waals surface area contributed by atoms with Gasteiger partial charge in [-0.1, -0.05) is 48.6 Å². The lowest BCUT2D eigenvalue weighted by atomic mass is 10.1. The summed E-state index contributed by atoms with van der Waals surface area (Å²) in [6.45, 7) is 2.17. The van der Waals surface area contributed by atoms with Gasteiger partial charge in [-0.05, 0) is 31.4 Å². The molecular formula is C15H19N3S. The lowest BCUT2D eigenvalue weighted by Gasteiger charge is -2.07. The average Bonchev–Trinajstić information content (AvgIpc) is 3.12. The number of benzene rings is 1. The van der Waals surface area contributed by atoms with E-state index in [1.807, 2.05) is 7.05 Å². The highest BCUT2D eigenvalue weighted by Crippen LogP contribution is 2.55. The van der Waals surface area contributed by atoms with Crippen LogP contribution in [0.5, 0.6) is 0 Å². The van der Waals surface area contributed by atoms with E-state index in [1.165, 1.54) is 17.0 Å². The Labute approximate surface area is 118 Å². The van der Waals surface area contributed by atoms with Crippen LogP contribution in [0, 0.1) is 0 Å². The summed E-state index contributed by atoms with van der Waals surface area (Å²) in [7, 11) is 1.99. The Kier molecular flexibility index (Phi) is 3.62. The molecule has 1 N–H and O–H groups in total. The molecule has 1 fully saturated rings. The lowest BCUT2D eigenvalue weighted by molar-refractivity contribution is 0.568. The molecule has 0 radical (unpaired) electrons. The Balaban J connectivity index is 1.72. The van der Waals surface area contributed by atoms with Crippen molar-refractivity contribution in [3.63, 3.8) is 0 Å². The first-order valence-corrected chi connectivity index (χ1v) is 7.70. The summed E-state index contributed by atoms with van der Waals surface area (Å²) in [5, 5.41) is 14.4. The van der Waals surface area contributed by atoms with Crippen molar-refractivity contribution in [2.45, 2.75) is 37.6 Å². The third-order valence-electron chi connectivity index (χ3n) is 3.85. The predicted molar refractivity (Wildman–Crippen MR) is 78.5 cm³/mol. The van der Waals surface area contributed by atoms with Crippen LogP contribution in [0.2, 0.25) is 0 Å². The van der Waals surface area contributed by atoms with Crippen LogP contribution < -0.4 is 5.32 Å². The summed E-state index contributed by atoms with van der Waals surface area (Å²) in [5.41, 5.74) is 1.44. The topological polar surface area (TPSA) is 37.8 Å². The van der Waals surface area contributed by atoms with Gasteiger partial charge in [0.05, 0.1) is 6.04 Å². The highest BCUT2D eigenvalue weighted by molar-refractivity contribution is 7.11. The number of nitrogens with one attached hydrogen (secondary N) is 1. The number of rotatable bonds is 5. The molecule has 3 unspecified atom stereocenters. The van der Waals surface area contributed by atoms with Gasteiger partial charge in [-0.25, -0.2) is 0 Å². The van der Waals surface area contributed by atoms with Gasteiger partial charge in [-0.3, -0.25) is 0 Å². The van der Waals surface area contributed by atoms with Crippen molar-refractivity contribution < 1.29 is 0 Å². The third kappa shape index (κ3) is 2.55. The Hall–Kier alpha value is -1.26. The molecule has 0 spiro atoms. The Morgan fingerprint density at radius 2 is 2.05 bits per heavy atom. The van der Waals surface area contributed by atoms with Crippen LogP contribution in [0.25, 0.3) is 0 Å². The molecule has 0 saturated heterocycles. The number of nitrogens with zero attached hydrogens (tertiary/aromatic N) is 2. The highest BCUT2D eigenvalue weighted by atomic mass is 32.1. The SMILES string of the molecule is CCC(NC)c1nnc(C2CC2c2ccccc2)s1. The van der Waals surface area contributed by atoms with Gasteiger partial charge in [0, 0.05) is 5.92 Å². The van der Waals surface area contributed by atoms with E-state index in [9.17, 15) is 0 Å². The van der Waals surface area contributed by atoms with Gasteiger partial charge < -0.3 is 5.32 Å². The summed E-state index contributed by atoms with van der Waals surface area (Å²) < 4.78 is 0. The fourth-order valence-electron chi connectivity index (χ4n) is 2.58. The monoisotopic (exact) mass is 273 g/mol. The molecule has 1 aromatic carbocycles. The summed E-state index contributed by atoms with van der Waals surface area (Å²) in [6, 6.07) is 11.1. The molecule has 1 aliphatic rings. The number of hydrogen-bond acceptors (Lipinski definition) is 4. The van der Waals surface area contributed by atoms with Crippen LogP contribution in [0.1, 0.15) is 53.2 Å². The van der Waals surface area contributed by atoms with E-state index >= 15 is 0 Å². The standard InChI is InChI=1S/C15H19N3S/c1-3-13(16-2)15-18-17-14(19-15)12-9-11(12)10-7-5-4-6-8-10/h4-8,11-13,16H,3,9H2,1-2H3. The molecule has 1 aromatic heterocycles. The molecule has 1 saturated carbocycles. The van der Waals surface area contributed by atoms with Crippen molar-refractivity contribution in [1.82, 2.24) is 15.5 Å². The van der Waals surface area contributed by atoms with Crippen molar-refractivity contribution in [3.05, 3.63) is 45.9 Å². The fourth-order valence-corrected chi connectivity index (χ4v) is 3.79. The van der Waals surface area contributed by atoms with Crippen LogP contribution >= 0.6 is 11.3 Å². The second-order valence-electron chi connectivity index (χ2n) is 5.09. The quantitative estimate of drug-likeness (QED) is 0.906. The van der Waals surface area contributed by atoms with Crippen molar-refractivity contribution in [3.8, 4) is 0 Å². The Morgan fingerprint density at radius 1 is 1.26 bits per heavy atom. The van der Waals surface area contributed by atoms with E-state index in [-0.39, 0.29) is 0 Å². The van der Waals surface area contributed by atoms with Crippen LogP contribution in [0.15, 0.2) is 30.3 Å². The largest absolute Gasteiger partial charge is 0.311 e. The minimum atomic E-state index is 0.347. The molecule has 3 rings (SSSR count). The van der Waals surface area contributed by atoms with E-state index in [0.29, 0.717) is 17.9 Å². The van der Waals surface area contributed by atoms with Gasteiger partial charge >= 0.3 is 0 Å². The Bertz CT molecular complexity index is 533. The van der Waals surface area contributed by atoms with Gasteiger partial charge in [0.25, 0.3) is 0 Å². The molecule has 4 heteroatoms. The zero-order valence-electron chi connectivity index (χ0n) is 11.3. The maximum atomic E-state index is 4.40. The van der Waals surface area contributed by atoms with Gasteiger partial charge in [-0.15, -0.1) is 10.2 Å². The van der Waals surface area contributed by atoms with E-state index in [1.54, 1.807) is 11.3 Å². The predicted octanol–water partition coefficient (Wildman–Crippen LogP) is 3.48. The normalized spacial score (nSPS) is 23.3. The first-order valence-electron chi connectivity index (χ1n) is 6.89. The molecule has 0 bridgehead atoms. The average molecular weight is 273 g/mol. The van der Waals surface area contributed by atoms with Crippen LogP contribution in [0.3, 0.4) is 0 Å². The van der Waals surface area contributed by atoms with Crippen molar-refractivity contribution in [1.29, 1.82) is 0 Å². The molecule has 19 heavy (non-hydrogen) atoms. The second kappa shape index (κ2) is 5.39. The van der Waals surface area contributed by atoms with E-state index < -0.39 is 0 Å². The molecule has 0 aliphatic heterocycles. The smallest absolute Gasteiger partial charge is 0.134 e. The number of hydrogen-bond donors (Lipinski definition) is 1. The van der Waals surface area contributed by atoms with E-state index in [0.717, 1.165) is 11.4 Å². The van der Waals surface area contributed by atoms with E-state index in [4.69, 9.17) is 0 Å². The third-order valence-corrected chi connectivity index (χ3v) is 5.02. The van der Waals surface area contributed by atoms with Gasteiger partial charge in [0.15, 0.2) is 0 Å². The molecular weight excluding hydrogens is 254 g/mol. The molecule has 3 atom stereocenters. The molecule has 0 amide bonds. The van der Waals surface area contributed by atoms with E-state index in [2.05, 4.69) is 52.8 Å². The Morgan fingerprint density at radius 3 is 2.74 bits per heavy atom. The maximum absolute atomic E-state index is 4.40. The first kappa shape index (κ1) is 12.8. The molecule has 3 nitrogen and oxygen atoms in total. The first-order chi connectivity index (χ1) is 9.33. The van der Waals surface area contributed by atoms with Gasteiger partial charge in [-0.2, -0.15) is 0 Å². The minimum Gasteiger partial charge on any atom is -0.311 e. The maximum Gasteiger partial charge on any atom is 0.134 e. The van der Waals surface area contributed by atoms with Crippen molar-refractivity contribution >= 4 is 11.3 Å². The van der Waals surface area contributed by atoms with Crippen LogP contribution in [-0.4, -0.2) is 17.2 Å². The molecule has 1 aliphatic carbocycles. The second-order valence-corrected chi connectivity index (χ2v) is 6.13. The lowest BCUT2D eigenvalue weighted by Crippen LogP contribution is -2.14. The van der Waals surface area contributed by atoms with Crippen molar-refractivity contribution in [2.75, 3.05) is 7.05 Å². The number of aromatic nitrogens is 2. The zero-order valence-corrected chi connectivity index (χ0v) is 12.2. The van der Waals surface area contributed by atoms with Crippen LogP contribution in [-0.2, 0) is 0 Å². The summed E-state index contributed by atoms with van der Waals surface area (Å²) in [6.07, 6.45) is 2.27. The highest BCUT2D eigenvalue weighted by Gasteiger charge is 2.42. The zero-order chi connectivity index (χ0) is 13.2. The van der Waals surface area contributed by atoms with Gasteiger partial charge in [0.1, 0.15) is 10.0 Å². The molecule has 1 heterocycles. The molecule has 100 valence electrons. The molecule has 2 aromatic rings. The van der Waals surface area contributed by atoms with Gasteiger partial charge in [0.2, 0.25) is 0 Å². The summed E-state index contributed by atoms with van der Waals surface area (Å²) >= 11 is 1.77. The summed E-state index contributed by atoms with van der Waals surface area (Å²) in [4.78, 5) is 0.